The van der Waals surface area contributed by atoms with Gasteiger partial charge in [0.15, 0.2) is 0 Å². The molecular weight excluding hydrogens is 487 g/mol. The summed E-state index contributed by atoms with van der Waals surface area (Å²) in [4.78, 5) is 3.68. The van der Waals surface area contributed by atoms with Gasteiger partial charge in [0.25, 0.3) is 0 Å². The molecule has 1 fully saturated rings. The third-order valence-electron chi connectivity index (χ3n) is 3.72. The lowest BCUT2D eigenvalue weighted by Gasteiger charge is -2.35. The standard InChI is InChI=1S/C15H16Br2N2OS.2ClH/c16-10-3-4-11(17)15(20)13(10)14(12-2-1-9-21-12)19-7-5-18-6-8-19;;/h1-4,9,14,18,20H,5-8H2;2*1H/t14-;;/m1../s1. The van der Waals surface area contributed by atoms with Crippen molar-refractivity contribution >= 4 is 68.0 Å². The molecule has 0 unspecified atom stereocenters. The van der Waals surface area contributed by atoms with Crippen molar-refractivity contribution in [1.82, 2.24) is 10.2 Å². The summed E-state index contributed by atoms with van der Waals surface area (Å²) in [7, 11) is 0. The maximum Gasteiger partial charge on any atom is 0.136 e. The Morgan fingerprint density at radius 3 is 2.35 bits per heavy atom. The summed E-state index contributed by atoms with van der Waals surface area (Å²) in [5, 5.41) is 16.0. The minimum atomic E-state index is 0. The summed E-state index contributed by atoms with van der Waals surface area (Å²) in [6, 6.07) is 8.15. The molecule has 0 bridgehead atoms. The molecule has 1 atom stereocenters. The Labute approximate surface area is 169 Å². The number of thiophene rings is 1. The van der Waals surface area contributed by atoms with E-state index in [4.69, 9.17) is 0 Å². The van der Waals surface area contributed by atoms with Gasteiger partial charge in [0.2, 0.25) is 0 Å². The Balaban J connectivity index is 0.00000132. The maximum atomic E-state index is 10.6. The normalized spacial score (nSPS) is 16.3. The minimum absolute atomic E-state index is 0. The number of hydrogen-bond donors (Lipinski definition) is 2. The van der Waals surface area contributed by atoms with Gasteiger partial charge in [-0.1, -0.05) is 22.0 Å². The molecule has 0 aliphatic carbocycles. The number of aromatic hydroxyl groups is 1. The van der Waals surface area contributed by atoms with E-state index in [9.17, 15) is 5.11 Å². The first kappa shape index (κ1) is 21.2. The summed E-state index contributed by atoms with van der Waals surface area (Å²) in [5.41, 5.74) is 0.939. The Morgan fingerprint density at radius 1 is 1.09 bits per heavy atom. The molecule has 1 aliphatic heterocycles. The topological polar surface area (TPSA) is 35.5 Å². The van der Waals surface area contributed by atoms with Gasteiger partial charge in [-0.15, -0.1) is 36.2 Å². The first-order chi connectivity index (χ1) is 10.2. The third-order valence-corrected chi connectivity index (χ3v) is 5.97. The fourth-order valence-electron chi connectivity index (χ4n) is 2.71. The molecule has 0 saturated carbocycles. The molecule has 128 valence electrons. The quantitative estimate of drug-likeness (QED) is 0.629. The van der Waals surface area contributed by atoms with Crippen LogP contribution < -0.4 is 5.32 Å². The van der Waals surface area contributed by atoms with Crippen molar-refractivity contribution in [2.45, 2.75) is 6.04 Å². The van der Waals surface area contributed by atoms with E-state index in [2.05, 4.69) is 59.6 Å². The van der Waals surface area contributed by atoms with Crippen LogP contribution in [0.2, 0.25) is 0 Å². The highest BCUT2D eigenvalue weighted by molar-refractivity contribution is 9.11. The molecule has 8 heteroatoms. The molecule has 3 nitrogen and oxygen atoms in total. The molecular formula is C15H18Br2Cl2N2OS. The van der Waals surface area contributed by atoms with Gasteiger partial charge in [-0.2, -0.15) is 0 Å². The summed E-state index contributed by atoms with van der Waals surface area (Å²) < 4.78 is 1.68. The van der Waals surface area contributed by atoms with Crippen LogP contribution in [-0.2, 0) is 0 Å². The summed E-state index contributed by atoms with van der Waals surface area (Å²) in [6.07, 6.45) is 0. The van der Waals surface area contributed by atoms with Crippen molar-refractivity contribution in [1.29, 1.82) is 0 Å². The number of halogens is 4. The molecule has 2 aromatic rings. The highest BCUT2D eigenvalue weighted by Crippen LogP contribution is 2.43. The van der Waals surface area contributed by atoms with Crippen molar-refractivity contribution in [3.05, 3.63) is 49.0 Å². The Kier molecular flexibility index (Phi) is 8.87. The number of nitrogens with zero attached hydrogens (tertiary/aromatic N) is 1. The van der Waals surface area contributed by atoms with Gasteiger partial charge in [0, 0.05) is 41.1 Å². The van der Waals surface area contributed by atoms with Gasteiger partial charge in [0.05, 0.1) is 10.5 Å². The first-order valence-electron chi connectivity index (χ1n) is 6.83. The van der Waals surface area contributed by atoms with Crippen molar-refractivity contribution in [2.24, 2.45) is 0 Å². The van der Waals surface area contributed by atoms with E-state index in [1.54, 1.807) is 11.3 Å². The molecule has 23 heavy (non-hydrogen) atoms. The fraction of sp³-hybridized carbons (Fsp3) is 0.333. The van der Waals surface area contributed by atoms with E-state index in [-0.39, 0.29) is 30.9 Å². The molecule has 2 heterocycles. The lowest BCUT2D eigenvalue weighted by atomic mass is 10.0. The zero-order chi connectivity index (χ0) is 14.8. The first-order valence-corrected chi connectivity index (χ1v) is 9.30. The Morgan fingerprint density at radius 2 is 1.74 bits per heavy atom. The summed E-state index contributed by atoms with van der Waals surface area (Å²) in [6.45, 7) is 3.91. The van der Waals surface area contributed by atoms with Crippen molar-refractivity contribution in [3.8, 4) is 5.75 Å². The largest absolute Gasteiger partial charge is 0.506 e. The Hall–Kier alpha value is 0.180. The number of rotatable bonds is 3. The SMILES string of the molecule is Cl.Cl.Oc1c(Br)ccc(Br)c1[C@@H](c1cccs1)N1CCNCC1. The number of benzene rings is 1. The van der Waals surface area contributed by atoms with Crippen molar-refractivity contribution in [2.75, 3.05) is 26.2 Å². The molecule has 0 radical (unpaired) electrons. The van der Waals surface area contributed by atoms with Gasteiger partial charge in [-0.3, -0.25) is 4.90 Å². The zero-order valence-corrected chi connectivity index (χ0v) is 17.8. The van der Waals surface area contributed by atoms with Crippen LogP contribution in [0.3, 0.4) is 0 Å². The number of piperazine rings is 1. The molecule has 1 aromatic carbocycles. The fourth-order valence-corrected chi connectivity index (χ4v) is 4.46. The predicted octanol–water partition coefficient (Wildman–Crippen LogP) is 4.82. The van der Waals surface area contributed by atoms with E-state index in [0.29, 0.717) is 5.75 Å². The second kappa shape index (κ2) is 9.61. The molecule has 1 aliphatic rings. The van der Waals surface area contributed by atoms with E-state index in [0.717, 1.165) is 40.7 Å². The third kappa shape index (κ3) is 4.63. The molecule has 0 amide bonds. The molecule has 0 spiro atoms. The summed E-state index contributed by atoms with van der Waals surface area (Å²) >= 11 is 8.79. The Bertz CT molecular complexity index is 622. The van der Waals surface area contributed by atoms with E-state index >= 15 is 0 Å². The van der Waals surface area contributed by atoms with Crippen LogP contribution in [0.25, 0.3) is 0 Å². The summed E-state index contributed by atoms with van der Waals surface area (Å²) in [5.74, 6) is 0.321. The van der Waals surface area contributed by atoms with Crippen LogP contribution >= 0.6 is 68.0 Å². The van der Waals surface area contributed by atoms with Crippen molar-refractivity contribution in [3.63, 3.8) is 0 Å². The van der Waals surface area contributed by atoms with Gasteiger partial charge < -0.3 is 10.4 Å². The second-order valence-electron chi connectivity index (χ2n) is 5.00. The number of phenolic OH excluding ortho intramolecular Hbond substituents is 1. The lowest BCUT2D eigenvalue weighted by Crippen LogP contribution is -2.45. The highest BCUT2D eigenvalue weighted by Gasteiger charge is 2.29. The number of phenols is 1. The van der Waals surface area contributed by atoms with Crippen LogP contribution in [0.1, 0.15) is 16.5 Å². The highest BCUT2D eigenvalue weighted by atomic mass is 79.9. The molecule has 3 rings (SSSR count). The van der Waals surface area contributed by atoms with E-state index in [1.165, 1.54) is 4.88 Å². The average molecular weight is 505 g/mol. The maximum absolute atomic E-state index is 10.6. The predicted molar refractivity (Wildman–Crippen MR) is 109 cm³/mol. The lowest BCUT2D eigenvalue weighted by molar-refractivity contribution is 0.197. The van der Waals surface area contributed by atoms with Gasteiger partial charge >= 0.3 is 0 Å². The number of nitrogens with one attached hydrogen (secondary N) is 1. The second-order valence-corrected chi connectivity index (χ2v) is 7.68. The van der Waals surface area contributed by atoms with Gasteiger partial charge in [0.1, 0.15) is 5.75 Å². The molecule has 2 N–H and O–H groups in total. The monoisotopic (exact) mass is 502 g/mol. The van der Waals surface area contributed by atoms with Gasteiger partial charge in [-0.05, 0) is 39.5 Å². The molecule has 1 aromatic heterocycles. The van der Waals surface area contributed by atoms with Crippen LogP contribution in [0, 0.1) is 0 Å². The minimum Gasteiger partial charge on any atom is -0.506 e. The van der Waals surface area contributed by atoms with Crippen LogP contribution in [-0.4, -0.2) is 36.2 Å². The number of hydrogen-bond acceptors (Lipinski definition) is 4. The van der Waals surface area contributed by atoms with Crippen LogP contribution in [0.5, 0.6) is 5.75 Å². The van der Waals surface area contributed by atoms with Crippen LogP contribution in [0.4, 0.5) is 0 Å². The van der Waals surface area contributed by atoms with Crippen LogP contribution in [0.15, 0.2) is 38.6 Å². The average Bonchev–Trinajstić information content (AvgIpc) is 3.02. The van der Waals surface area contributed by atoms with E-state index < -0.39 is 0 Å². The zero-order valence-electron chi connectivity index (χ0n) is 12.2. The van der Waals surface area contributed by atoms with Gasteiger partial charge in [-0.25, -0.2) is 0 Å². The van der Waals surface area contributed by atoms with E-state index in [1.807, 2.05) is 12.1 Å². The molecule has 1 saturated heterocycles. The van der Waals surface area contributed by atoms with Crippen molar-refractivity contribution < 1.29 is 5.11 Å². The smallest absolute Gasteiger partial charge is 0.136 e.